The van der Waals surface area contributed by atoms with Gasteiger partial charge in [0.05, 0.1) is 17.7 Å². The predicted molar refractivity (Wildman–Crippen MR) is 117 cm³/mol. The fraction of sp³-hybridized carbons (Fsp3) is 0.238. The van der Waals surface area contributed by atoms with Crippen molar-refractivity contribution < 1.29 is 4.79 Å². The van der Waals surface area contributed by atoms with Crippen molar-refractivity contribution in [1.29, 1.82) is 0 Å². The topological polar surface area (TPSA) is 59.0 Å². The molecule has 0 spiro atoms. The summed E-state index contributed by atoms with van der Waals surface area (Å²) in [5, 5.41) is 6.43. The van der Waals surface area contributed by atoms with Crippen molar-refractivity contribution in [3.63, 3.8) is 0 Å². The summed E-state index contributed by atoms with van der Waals surface area (Å²) in [6.07, 6.45) is 7.52. The SMILES string of the molecule is Cl.Cl.O=C(Nc1ccccc1-n1ccnc1)c1cccc(CC2CCNC2)c1. The quantitative estimate of drug-likeness (QED) is 0.654. The maximum atomic E-state index is 12.8. The van der Waals surface area contributed by atoms with Crippen molar-refractivity contribution in [2.45, 2.75) is 12.8 Å². The Hall–Kier alpha value is -2.34. The first-order chi connectivity index (χ1) is 12.8. The fourth-order valence-corrected chi connectivity index (χ4v) is 3.46. The highest BCUT2D eigenvalue weighted by atomic mass is 35.5. The number of halogens is 2. The number of nitrogens with zero attached hydrogens (tertiary/aromatic N) is 2. The van der Waals surface area contributed by atoms with Gasteiger partial charge in [0.2, 0.25) is 0 Å². The molecule has 0 bridgehead atoms. The molecule has 28 heavy (non-hydrogen) atoms. The summed E-state index contributed by atoms with van der Waals surface area (Å²) in [7, 11) is 0. The minimum atomic E-state index is -0.0936. The minimum Gasteiger partial charge on any atom is -0.320 e. The number of amides is 1. The summed E-state index contributed by atoms with van der Waals surface area (Å²) >= 11 is 0. The van der Waals surface area contributed by atoms with Gasteiger partial charge in [-0.2, -0.15) is 0 Å². The molecule has 2 heterocycles. The van der Waals surface area contributed by atoms with Crippen LogP contribution >= 0.6 is 24.8 Å². The number of imidazole rings is 1. The Kier molecular flexibility index (Phi) is 8.05. The van der Waals surface area contributed by atoms with E-state index in [9.17, 15) is 4.79 Å². The van der Waals surface area contributed by atoms with Crippen LogP contribution in [0.4, 0.5) is 5.69 Å². The first-order valence-corrected chi connectivity index (χ1v) is 8.98. The first-order valence-electron chi connectivity index (χ1n) is 8.98. The molecule has 1 aliphatic heterocycles. The van der Waals surface area contributed by atoms with E-state index in [0.29, 0.717) is 11.5 Å². The molecule has 1 amide bonds. The standard InChI is InChI=1S/C21H22N4O.2ClH/c26-21(18-5-3-4-16(13-18)12-17-8-9-22-14-17)24-19-6-1-2-7-20(19)25-11-10-23-15-25;;/h1-7,10-11,13,15,17,22H,8-9,12,14H2,(H,24,26);2*1H. The van der Waals surface area contributed by atoms with Crippen molar-refractivity contribution in [1.82, 2.24) is 14.9 Å². The second-order valence-electron chi connectivity index (χ2n) is 6.70. The predicted octanol–water partition coefficient (Wildman–Crippen LogP) is 4.12. The molecule has 0 aliphatic carbocycles. The van der Waals surface area contributed by atoms with Crippen LogP contribution in [0.1, 0.15) is 22.3 Å². The number of benzene rings is 2. The van der Waals surface area contributed by atoms with Crippen LogP contribution < -0.4 is 10.6 Å². The third-order valence-corrected chi connectivity index (χ3v) is 4.81. The van der Waals surface area contributed by atoms with Crippen LogP contribution in [0.3, 0.4) is 0 Å². The van der Waals surface area contributed by atoms with Gasteiger partial charge in [-0.05, 0) is 61.7 Å². The molecular weight excluding hydrogens is 395 g/mol. The van der Waals surface area contributed by atoms with Crippen molar-refractivity contribution in [2.75, 3.05) is 18.4 Å². The molecule has 2 N–H and O–H groups in total. The number of rotatable bonds is 5. The Morgan fingerprint density at radius 2 is 2.04 bits per heavy atom. The molecule has 3 aromatic rings. The molecule has 7 heteroatoms. The Bertz CT molecular complexity index is 893. The van der Waals surface area contributed by atoms with Gasteiger partial charge in [0.1, 0.15) is 0 Å². The highest BCUT2D eigenvalue weighted by Crippen LogP contribution is 2.21. The Morgan fingerprint density at radius 3 is 2.79 bits per heavy atom. The lowest BCUT2D eigenvalue weighted by molar-refractivity contribution is 0.102. The molecule has 5 nitrogen and oxygen atoms in total. The molecule has 4 rings (SSSR count). The van der Waals surface area contributed by atoms with E-state index in [0.717, 1.165) is 30.9 Å². The fourth-order valence-electron chi connectivity index (χ4n) is 3.46. The Labute approximate surface area is 177 Å². The molecule has 1 unspecified atom stereocenters. The maximum Gasteiger partial charge on any atom is 0.255 e. The molecule has 1 saturated heterocycles. The summed E-state index contributed by atoms with van der Waals surface area (Å²) in [6.45, 7) is 2.16. The van der Waals surface area contributed by atoms with E-state index < -0.39 is 0 Å². The molecule has 1 aromatic heterocycles. The summed E-state index contributed by atoms with van der Waals surface area (Å²) in [4.78, 5) is 16.9. The van der Waals surface area contributed by atoms with Gasteiger partial charge in [-0.3, -0.25) is 4.79 Å². The van der Waals surface area contributed by atoms with Crippen LogP contribution in [0.5, 0.6) is 0 Å². The van der Waals surface area contributed by atoms with Gasteiger partial charge >= 0.3 is 0 Å². The zero-order valence-corrected chi connectivity index (χ0v) is 17.0. The van der Waals surface area contributed by atoms with Gasteiger partial charge in [-0.25, -0.2) is 4.98 Å². The number of para-hydroxylation sites is 2. The second kappa shape index (κ2) is 10.3. The highest BCUT2D eigenvalue weighted by molar-refractivity contribution is 6.05. The van der Waals surface area contributed by atoms with Crippen LogP contribution in [-0.2, 0) is 6.42 Å². The van der Waals surface area contributed by atoms with E-state index in [2.05, 4.69) is 21.7 Å². The number of hydrogen-bond acceptors (Lipinski definition) is 3. The summed E-state index contributed by atoms with van der Waals surface area (Å²) in [5.41, 5.74) is 3.57. The Morgan fingerprint density at radius 1 is 1.18 bits per heavy atom. The normalized spacial score (nSPS) is 15.4. The molecule has 1 aliphatic rings. The van der Waals surface area contributed by atoms with Crippen LogP contribution in [0.15, 0.2) is 67.3 Å². The van der Waals surface area contributed by atoms with Crippen LogP contribution in [-0.4, -0.2) is 28.5 Å². The molecule has 0 radical (unpaired) electrons. The summed E-state index contributed by atoms with van der Waals surface area (Å²) in [6, 6.07) is 15.7. The number of aromatic nitrogens is 2. The van der Waals surface area contributed by atoms with E-state index in [-0.39, 0.29) is 30.7 Å². The number of hydrogen-bond donors (Lipinski definition) is 2. The zero-order chi connectivity index (χ0) is 17.8. The third-order valence-electron chi connectivity index (χ3n) is 4.81. The summed E-state index contributed by atoms with van der Waals surface area (Å²) < 4.78 is 1.89. The average Bonchev–Trinajstić information content (AvgIpc) is 3.36. The maximum absolute atomic E-state index is 12.8. The molecular formula is C21H24Cl2N4O. The lowest BCUT2D eigenvalue weighted by atomic mass is 9.97. The largest absolute Gasteiger partial charge is 0.320 e. The van der Waals surface area contributed by atoms with Crippen LogP contribution in [0.2, 0.25) is 0 Å². The molecule has 2 aromatic carbocycles. The smallest absolute Gasteiger partial charge is 0.255 e. The average molecular weight is 419 g/mol. The van der Waals surface area contributed by atoms with Gasteiger partial charge in [-0.15, -0.1) is 24.8 Å². The van der Waals surface area contributed by atoms with Crippen molar-refractivity contribution in [3.8, 4) is 5.69 Å². The van der Waals surface area contributed by atoms with Crippen LogP contribution in [0, 0.1) is 5.92 Å². The van der Waals surface area contributed by atoms with Crippen molar-refractivity contribution >= 4 is 36.4 Å². The van der Waals surface area contributed by atoms with Gasteiger partial charge in [-0.1, -0.05) is 24.3 Å². The zero-order valence-electron chi connectivity index (χ0n) is 15.4. The van der Waals surface area contributed by atoms with Crippen LogP contribution in [0.25, 0.3) is 5.69 Å². The van der Waals surface area contributed by atoms with E-state index in [1.165, 1.54) is 12.0 Å². The van der Waals surface area contributed by atoms with E-state index in [1.54, 1.807) is 12.5 Å². The van der Waals surface area contributed by atoms with Gasteiger partial charge in [0, 0.05) is 18.0 Å². The Balaban J connectivity index is 0.00000140. The molecule has 1 fully saturated rings. The van der Waals surface area contributed by atoms with E-state index in [1.807, 2.05) is 53.2 Å². The number of nitrogens with one attached hydrogen (secondary N) is 2. The number of carbonyl (C=O) groups excluding carboxylic acids is 1. The monoisotopic (exact) mass is 418 g/mol. The highest BCUT2D eigenvalue weighted by Gasteiger charge is 2.16. The van der Waals surface area contributed by atoms with E-state index >= 15 is 0 Å². The lowest BCUT2D eigenvalue weighted by Crippen LogP contribution is -2.14. The molecule has 1 atom stereocenters. The minimum absolute atomic E-state index is 0. The van der Waals surface area contributed by atoms with Gasteiger partial charge < -0.3 is 15.2 Å². The van der Waals surface area contributed by atoms with Gasteiger partial charge in [0.15, 0.2) is 0 Å². The van der Waals surface area contributed by atoms with E-state index in [4.69, 9.17) is 0 Å². The number of carbonyl (C=O) groups is 1. The third kappa shape index (κ3) is 5.13. The summed E-state index contributed by atoms with van der Waals surface area (Å²) in [5.74, 6) is 0.569. The lowest BCUT2D eigenvalue weighted by Gasteiger charge is -2.13. The first kappa shape index (κ1) is 22.0. The number of anilines is 1. The molecule has 0 saturated carbocycles. The van der Waals surface area contributed by atoms with Crippen molar-refractivity contribution in [2.24, 2.45) is 5.92 Å². The second-order valence-corrected chi connectivity index (χ2v) is 6.70. The van der Waals surface area contributed by atoms with Crippen molar-refractivity contribution in [3.05, 3.63) is 78.4 Å². The van der Waals surface area contributed by atoms with Gasteiger partial charge in [0.25, 0.3) is 5.91 Å². The molecule has 148 valence electrons.